The van der Waals surface area contributed by atoms with E-state index in [4.69, 9.17) is 21.1 Å². The predicted octanol–water partition coefficient (Wildman–Crippen LogP) is 4.37. The molecule has 0 bridgehead atoms. The molecule has 0 saturated heterocycles. The third-order valence-corrected chi connectivity index (χ3v) is 5.37. The molecular formula is C20H21ClN4O3S. The molecule has 29 heavy (non-hydrogen) atoms. The van der Waals surface area contributed by atoms with Gasteiger partial charge in [0.15, 0.2) is 11.0 Å². The molecule has 1 aromatic heterocycles. The maximum absolute atomic E-state index is 12.4. The molecule has 1 N–H and O–H groups in total. The molecule has 2 aromatic carbocycles. The number of carbonyl (C=O) groups is 1. The van der Waals surface area contributed by atoms with Crippen molar-refractivity contribution in [1.29, 1.82) is 0 Å². The van der Waals surface area contributed by atoms with Gasteiger partial charge in [-0.3, -0.25) is 4.79 Å². The fourth-order valence-corrected chi connectivity index (χ4v) is 3.64. The van der Waals surface area contributed by atoms with Crippen LogP contribution >= 0.6 is 23.4 Å². The fourth-order valence-electron chi connectivity index (χ4n) is 2.71. The number of carbonyl (C=O) groups excluding carboxylic acids is 1. The standard InChI is InChI=1S/C20H21ClN4O3S/c1-4-25-19(13-5-7-14(21)8-6-13)23-24-20(25)29-12-18(26)22-16-10-9-15(27-2)11-17(16)28-3/h5-11H,4,12H2,1-3H3,(H,22,26). The van der Waals surface area contributed by atoms with E-state index in [1.165, 1.54) is 11.8 Å². The van der Waals surface area contributed by atoms with Crippen LogP contribution in [0.15, 0.2) is 47.6 Å². The third-order valence-electron chi connectivity index (χ3n) is 4.15. The molecule has 1 amide bonds. The average molecular weight is 433 g/mol. The van der Waals surface area contributed by atoms with E-state index in [2.05, 4.69) is 15.5 Å². The van der Waals surface area contributed by atoms with E-state index in [0.717, 1.165) is 11.4 Å². The Labute approximate surface area is 178 Å². The Bertz CT molecular complexity index is 992. The summed E-state index contributed by atoms with van der Waals surface area (Å²) in [7, 11) is 3.12. The highest BCUT2D eigenvalue weighted by Crippen LogP contribution is 2.30. The Morgan fingerprint density at radius 3 is 2.55 bits per heavy atom. The van der Waals surface area contributed by atoms with E-state index in [1.807, 2.05) is 35.8 Å². The number of hydrogen-bond acceptors (Lipinski definition) is 6. The molecule has 0 fully saturated rings. The first-order valence-electron chi connectivity index (χ1n) is 8.89. The van der Waals surface area contributed by atoms with E-state index in [-0.39, 0.29) is 11.7 Å². The molecule has 0 aliphatic carbocycles. The van der Waals surface area contributed by atoms with Crippen molar-refractivity contribution in [2.45, 2.75) is 18.6 Å². The number of hydrogen-bond donors (Lipinski definition) is 1. The van der Waals surface area contributed by atoms with Gasteiger partial charge in [-0.05, 0) is 43.3 Å². The van der Waals surface area contributed by atoms with Crippen LogP contribution in [0.3, 0.4) is 0 Å². The first kappa shape index (κ1) is 21.0. The molecule has 0 spiro atoms. The second kappa shape index (κ2) is 9.67. The van der Waals surface area contributed by atoms with E-state index in [9.17, 15) is 4.79 Å². The number of methoxy groups -OCH3 is 2. The molecule has 9 heteroatoms. The quantitative estimate of drug-likeness (QED) is 0.532. The molecule has 0 radical (unpaired) electrons. The number of amides is 1. The maximum Gasteiger partial charge on any atom is 0.234 e. The number of ether oxygens (including phenoxy) is 2. The summed E-state index contributed by atoms with van der Waals surface area (Å²) in [5.74, 6) is 1.94. The van der Waals surface area contributed by atoms with Gasteiger partial charge in [0, 0.05) is 23.2 Å². The van der Waals surface area contributed by atoms with Crippen molar-refractivity contribution in [3.63, 3.8) is 0 Å². The Morgan fingerprint density at radius 1 is 1.14 bits per heavy atom. The Balaban J connectivity index is 1.68. The van der Waals surface area contributed by atoms with E-state index >= 15 is 0 Å². The minimum Gasteiger partial charge on any atom is -0.497 e. The molecule has 3 aromatic rings. The molecular weight excluding hydrogens is 412 g/mol. The molecule has 0 aliphatic rings. The lowest BCUT2D eigenvalue weighted by Gasteiger charge is -2.11. The van der Waals surface area contributed by atoms with Crippen LogP contribution in [0.1, 0.15) is 6.92 Å². The van der Waals surface area contributed by atoms with Gasteiger partial charge in [0.25, 0.3) is 0 Å². The normalized spacial score (nSPS) is 10.6. The molecule has 152 valence electrons. The lowest BCUT2D eigenvalue weighted by Crippen LogP contribution is -2.15. The first-order valence-corrected chi connectivity index (χ1v) is 10.3. The summed E-state index contributed by atoms with van der Waals surface area (Å²) in [4.78, 5) is 12.4. The van der Waals surface area contributed by atoms with Gasteiger partial charge in [-0.2, -0.15) is 0 Å². The maximum atomic E-state index is 12.4. The van der Waals surface area contributed by atoms with Gasteiger partial charge in [-0.25, -0.2) is 0 Å². The lowest BCUT2D eigenvalue weighted by molar-refractivity contribution is -0.113. The van der Waals surface area contributed by atoms with Gasteiger partial charge in [0.2, 0.25) is 5.91 Å². The SMILES string of the molecule is CCn1c(SCC(=O)Nc2ccc(OC)cc2OC)nnc1-c1ccc(Cl)cc1. The van der Waals surface area contributed by atoms with Gasteiger partial charge >= 0.3 is 0 Å². The third kappa shape index (κ3) is 5.02. The zero-order chi connectivity index (χ0) is 20.8. The minimum atomic E-state index is -0.169. The van der Waals surface area contributed by atoms with Crippen molar-refractivity contribution in [3.8, 4) is 22.9 Å². The van der Waals surface area contributed by atoms with Crippen molar-refractivity contribution < 1.29 is 14.3 Å². The monoisotopic (exact) mass is 432 g/mol. The Morgan fingerprint density at radius 2 is 1.90 bits per heavy atom. The molecule has 7 nitrogen and oxygen atoms in total. The second-order valence-electron chi connectivity index (χ2n) is 5.96. The van der Waals surface area contributed by atoms with Crippen LogP contribution in [-0.4, -0.2) is 40.6 Å². The average Bonchev–Trinajstić information content (AvgIpc) is 3.16. The summed E-state index contributed by atoms with van der Waals surface area (Å²) in [5.41, 5.74) is 1.50. The minimum absolute atomic E-state index is 0.169. The molecule has 1 heterocycles. The van der Waals surface area contributed by atoms with Crippen molar-refractivity contribution >= 4 is 35.0 Å². The molecule has 0 saturated carbocycles. The number of nitrogens with one attached hydrogen (secondary N) is 1. The van der Waals surface area contributed by atoms with Crippen molar-refractivity contribution in [2.75, 3.05) is 25.3 Å². The van der Waals surface area contributed by atoms with Crippen LogP contribution < -0.4 is 14.8 Å². The Hall–Kier alpha value is -2.71. The summed E-state index contributed by atoms with van der Waals surface area (Å²) in [6, 6.07) is 12.6. The summed E-state index contributed by atoms with van der Waals surface area (Å²) < 4.78 is 12.4. The number of aromatic nitrogens is 3. The van der Waals surface area contributed by atoms with E-state index in [1.54, 1.807) is 32.4 Å². The van der Waals surface area contributed by atoms with Gasteiger partial charge in [0.1, 0.15) is 11.5 Å². The largest absolute Gasteiger partial charge is 0.497 e. The lowest BCUT2D eigenvalue weighted by atomic mass is 10.2. The van der Waals surface area contributed by atoms with Crippen molar-refractivity contribution in [3.05, 3.63) is 47.5 Å². The van der Waals surface area contributed by atoms with Crippen molar-refractivity contribution in [1.82, 2.24) is 14.8 Å². The fraction of sp³-hybridized carbons (Fsp3) is 0.250. The number of benzene rings is 2. The molecule has 3 rings (SSSR count). The zero-order valence-electron chi connectivity index (χ0n) is 16.3. The summed E-state index contributed by atoms with van der Waals surface area (Å²) in [6.45, 7) is 2.69. The van der Waals surface area contributed by atoms with Gasteiger partial charge in [-0.15, -0.1) is 10.2 Å². The van der Waals surface area contributed by atoms with Crippen LogP contribution in [-0.2, 0) is 11.3 Å². The summed E-state index contributed by atoms with van der Waals surface area (Å²) in [5, 5.41) is 12.7. The van der Waals surface area contributed by atoms with Gasteiger partial charge in [-0.1, -0.05) is 23.4 Å². The molecule has 0 aliphatic heterocycles. The smallest absolute Gasteiger partial charge is 0.234 e. The van der Waals surface area contributed by atoms with Crippen LogP contribution in [0.25, 0.3) is 11.4 Å². The number of anilines is 1. The predicted molar refractivity (Wildman–Crippen MR) is 115 cm³/mol. The van der Waals surface area contributed by atoms with Gasteiger partial charge in [0.05, 0.1) is 25.7 Å². The number of thioether (sulfide) groups is 1. The molecule has 0 unspecified atom stereocenters. The first-order chi connectivity index (χ1) is 14.0. The number of halogens is 1. The van der Waals surface area contributed by atoms with Crippen LogP contribution in [0.5, 0.6) is 11.5 Å². The van der Waals surface area contributed by atoms with Crippen LogP contribution in [0.2, 0.25) is 5.02 Å². The Kier molecular flexibility index (Phi) is 7.00. The van der Waals surface area contributed by atoms with E-state index < -0.39 is 0 Å². The topological polar surface area (TPSA) is 78.3 Å². The summed E-state index contributed by atoms with van der Waals surface area (Å²) >= 11 is 7.28. The van der Waals surface area contributed by atoms with Gasteiger partial charge < -0.3 is 19.4 Å². The highest BCUT2D eigenvalue weighted by molar-refractivity contribution is 7.99. The van der Waals surface area contributed by atoms with Crippen LogP contribution in [0.4, 0.5) is 5.69 Å². The van der Waals surface area contributed by atoms with E-state index in [0.29, 0.717) is 33.9 Å². The highest BCUT2D eigenvalue weighted by Gasteiger charge is 2.15. The molecule has 0 atom stereocenters. The highest BCUT2D eigenvalue weighted by atomic mass is 35.5. The zero-order valence-corrected chi connectivity index (χ0v) is 17.9. The van der Waals surface area contributed by atoms with Crippen molar-refractivity contribution in [2.24, 2.45) is 0 Å². The summed E-state index contributed by atoms with van der Waals surface area (Å²) in [6.07, 6.45) is 0. The number of rotatable bonds is 8. The van der Waals surface area contributed by atoms with Crippen LogP contribution in [0, 0.1) is 0 Å². The number of nitrogens with zero attached hydrogens (tertiary/aromatic N) is 3. The second-order valence-corrected chi connectivity index (χ2v) is 7.34.